The lowest BCUT2D eigenvalue weighted by molar-refractivity contribution is -0.114. The van der Waals surface area contributed by atoms with Crippen LogP contribution in [-0.2, 0) is 4.79 Å². The zero-order chi connectivity index (χ0) is 22.4. The molecule has 3 heterocycles. The summed E-state index contributed by atoms with van der Waals surface area (Å²) >= 11 is 1.38. The molecule has 1 aromatic heterocycles. The first kappa shape index (κ1) is 20.5. The molecular formula is C25H23N5OS. The second kappa shape index (κ2) is 7.91. The van der Waals surface area contributed by atoms with Gasteiger partial charge in [-0.1, -0.05) is 43.3 Å². The second-order valence-electron chi connectivity index (χ2n) is 7.92. The summed E-state index contributed by atoms with van der Waals surface area (Å²) in [6.07, 6.45) is 3.54. The summed E-state index contributed by atoms with van der Waals surface area (Å²) in [6.45, 7) is 6.17. The van der Waals surface area contributed by atoms with Crippen molar-refractivity contribution in [3.63, 3.8) is 0 Å². The first-order valence-electron chi connectivity index (χ1n) is 10.6. The molecule has 0 spiro atoms. The lowest BCUT2D eigenvalue weighted by Gasteiger charge is -2.20. The predicted octanol–water partition coefficient (Wildman–Crippen LogP) is 5.67. The summed E-state index contributed by atoms with van der Waals surface area (Å²) in [5.74, 6) is -0.315. The minimum Gasteiger partial charge on any atom is -0.317 e. The molecule has 1 amide bonds. The van der Waals surface area contributed by atoms with Crippen LogP contribution in [0.2, 0.25) is 0 Å². The number of nitrogens with one attached hydrogen (secondary N) is 1. The van der Waals surface area contributed by atoms with Gasteiger partial charge in [-0.15, -0.1) is 0 Å². The fraction of sp³-hybridized carbons (Fsp3) is 0.200. The number of aryl methyl sites for hydroxylation is 1. The van der Waals surface area contributed by atoms with Gasteiger partial charge in [-0.05, 0) is 67.6 Å². The van der Waals surface area contributed by atoms with Crippen molar-refractivity contribution in [2.75, 3.05) is 0 Å². The van der Waals surface area contributed by atoms with Gasteiger partial charge in [0.05, 0.1) is 11.3 Å². The normalized spacial score (nSPS) is 17.2. The summed E-state index contributed by atoms with van der Waals surface area (Å²) < 4.78 is 2.20. The Balaban J connectivity index is 1.58. The van der Waals surface area contributed by atoms with E-state index in [4.69, 9.17) is 5.41 Å². The molecule has 2 aromatic carbocycles. The molecule has 0 saturated carbocycles. The molecule has 32 heavy (non-hydrogen) atoms. The number of hydrazone groups is 1. The highest BCUT2D eigenvalue weighted by atomic mass is 32.2. The largest absolute Gasteiger partial charge is 0.317 e. The summed E-state index contributed by atoms with van der Waals surface area (Å²) in [7, 11) is 0. The van der Waals surface area contributed by atoms with E-state index in [1.165, 1.54) is 27.5 Å². The second-order valence-corrected chi connectivity index (χ2v) is 8.96. The fourth-order valence-electron chi connectivity index (χ4n) is 4.21. The van der Waals surface area contributed by atoms with Crippen molar-refractivity contribution >= 4 is 50.6 Å². The van der Waals surface area contributed by atoms with Gasteiger partial charge >= 0.3 is 0 Å². The van der Waals surface area contributed by atoms with E-state index < -0.39 is 5.91 Å². The molecule has 5 rings (SSSR count). The highest BCUT2D eigenvalue weighted by Crippen LogP contribution is 2.32. The number of thioether (sulfide) groups is 1. The van der Waals surface area contributed by atoms with Crippen LogP contribution in [0.4, 0.5) is 0 Å². The van der Waals surface area contributed by atoms with E-state index in [1.807, 2.05) is 19.1 Å². The van der Waals surface area contributed by atoms with Crippen molar-refractivity contribution in [3.8, 4) is 5.69 Å². The first-order valence-corrected chi connectivity index (χ1v) is 11.5. The number of benzene rings is 2. The number of hydrogen-bond donors (Lipinski definition) is 1. The third-order valence-corrected chi connectivity index (χ3v) is 6.71. The Labute approximate surface area is 190 Å². The number of fused-ring (bicyclic) bond motifs is 2. The molecule has 0 saturated heterocycles. The van der Waals surface area contributed by atoms with Gasteiger partial charge in [0.2, 0.25) is 5.17 Å². The molecule has 0 aliphatic carbocycles. The van der Waals surface area contributed by atoms with Crippen LogP contribution < -0.4 is 0 Å². The molecule has 2 aliphatic rings. The van der Waals surface area contributed by atoms with Crippen molar-refractivity contribution in [2.24, 2.45) is 10.1 Å². The smallest absolute Gasteiger partial charge is 0.283 e. The maximum atomic E-state index is 12.8. The molecule has 2 aliphatic heterocycles. The summed E-state index contributed by atoms with van der Waals surface area (Å²) in [5, 5.41) is 18.3. The van der Waals surface area contributed by atoms with E-state index in [0.29, 0.717) is 5.17 Å². The highest BCUT2D eigenvalue weighted by molar-refractivity contribution is 8.26. The SMILES string of the molecule is CCCC1=NN2C(=N)C(=Cc3cc(C)n(-c4cccc5ccccc45)c3C)C(=O)N=C2S1. The van der Waals surface area contributed by atoms with Crippen molar-refractivity contribution in [2.45, 2.75) is 33.6 Å². The van der Waals surface area contributed by atoms with Gasteiger partial charge in [0, 0.05) is 16.8 Å². The van der Waals surface area contributed by atoms with E-state index in [1.54, 1.807) is 6.08 Å². The number of carbonyl (C=O) groups is 1. The minimum atomic E-state index is -0.392. The zero-order valence-corrected chi connectivity index (χ0v) is 19.0. The van der Waals surface area contributed by atoms with Gasteiger partial charge in [-0.2, -0.15) is 15.1 Å². The molecule has 0 bridgehead atoms. The van der Waals surface area contributed by atoms with E-state index in [2.05, 4.69) is 64.9 Å². The Hall–Kier alpha value is -3.45. The molecule has 3 aromatic rings. The van der Waals surface area contributed by atoms with E-state index in [0.717, 1.165) is 40.5 Å². The first-order chi connectivity index (χ1) is 15.5. The molecule has 1 N–H and O–H groups in total. The number of carbonyl (C=O) groups excluding carboxylic acids is 1. The molecular weight excluding hydrogens is 418 g/mol. The molecule has 6 nitrogen and oxygen atoms in total. The van der Waals surface area contributed by atoms with E-state index >= 15 is 0 Å². The number of rotatable bonds is 4. The van der Waals surface area contributed by atoms with Crippen molar-refractivity contribution < 1.29 is 4.79 Å². The maximum absolute atomic E-state index is 12.8. The third kappa shape index (κ3) is 3.29. The predicted molar refractivity (Wildman–Crippen MR) is 133 cm³/mol. The Morgan fingerprint density at radius 1 is 1.12 bits per heavy atom. The van der Waals surface area contributed by atoms with Crippen molar-refractivity contribution in [1.82, 2.24) is 9.58 Å². The number of amidine groups is 2. The van der Waals surface area contributed by atoms with E-state index in [9.17, 15) is 4.79 Å². The highest BCUT2D eigenvalue weighted by Gasteiger charge is 2.35. The summed E-state index contributed by atoms with van der Waals surface area (Å²) in [6, 6.07) is 16.6. The molecule has 7 heteroatoms. The van der Waals surface area contributed by atoms with Gasteiger partial charge in [-0.25, -0.2) is 0 Å². The average Bonchev–Trinajstić information content (AvgIpc) is 3.30. The maximum Gasteiger partial charge on any atom is 0.283 e. The molecule has 160 valence electrons. The third-order valence-electron chi connectivity index (χ3n) is 5.74. The fourth-order valence-corrected chi connectivity index (χ4v) is 5.20. The van der Waals surface area contributed by atoms with Gasteiger partial charge in [0.1, 0.15) is 5.04 Å². The minimum absolute atomic E-state index is 0.0774. The number of hydrogen-bond acceptors (Lipinski definition) is 4. The lowest BCUT2D eigenvalue weighted by atomic mass is 10.1. The quantitative estimate of drug-likeness (QED) is 0.530. The Bertz CT molecular complexity index is 1370. The Morgan fingerprint density at radius 3 is 2.72 bits per heavy atom. The monoisotopic (exact) mass is 441 g/mol. The van der Waals surface area contributed by atoms with Crippen LogP contribution >= 0.6 is 11.8 Å². The van der Waals surface area contributed by atoms with Crippen molar-refractivity contribution in [3.05, 3.63) is 71.1 Å². The van der Waals surface area contributed by atoms with E-state index in [-0.39, 0.29) is 11.4 Å². The number of nitrogens with zero attached hydrogens (tertiary/aromatic N) is 4. The average molecular weight is 442 g/mol. The van der Waals surface area contributed by atoms with Crippen LogP contribution in [0.25, 0.3) is 22.5 Å². The summed E-state index contributed by atoms with van der Waals surface area (Å²) in [5.41, 5.74) is 4.32. The summed E-state index contributed by atoms with van der Waals surface area (Å²) in [4.78, 5) is 17.0. The van der Waals surface area contributed by atoms with Crippen LogP contribution in [0.5, 0.6) is 0 Å². The van der Waals surface area contributed by atoms with Crippen molar-refractivity contribution in [1.29, 1.82) is 5.41 Å². The topological polar surface area (TPSA) is 73.8 Å². The zero-order valence-electron chi connectivity index (χ0n) is 18.2. The molecule has 0 fully saturated rings. The van der Waals surface area contributed by atoms with Gasteiger partial charge < -0.3 is 4.57 Å². The van der Waals surface area contributed by atoms with Crippen LogP contribution in [0.1, 0.15) is 36.7 Å². The number of aliphatic imine (C=N–C) groups is 1. The van der Waals surface area contributed by atoms with Crippen LogP contribution in [0.15, 0.2) is 64.2 Å². The van der Waals surface area contributed by atoms with Gasteiger partial charge in [-0.3, -0.25) is 10.2 Å². The molecule has 0 atom stereocenters. The van der Waals surface area contributed by atoms with Gasteiger partial charge in [0.15, 0.2) is 5.84 Å². The van der Waals surface area contributed by atoms with Crippen LogP contribution in [0, 0.1) is 19.3 Å². The number of amides is 1. The van der Waals surface area contributed by atoms with Gasteiger partial charge in [0.25, 0.3) is 5.91 Å². The standard InChI is InChI=1S/C25H23N5OS/c1-4-8-22-28-30-23(26)20(24(31)27-25(30)32-22)14-18-13-15(2)29(16(18)3)21-12-7-10-17-9-5-6-11-19(17)21/h5-7,9-14,26H,4,8H2,1-3H3. The molecule has 0 radical (unpaired) electrons. The Kier molecular flexibility index (Phi) is 5.06. The lowest BCUT2D eigenvalue weighted by Crippen LogP contribution is -2.35. The number of aromatic nitrogens is 1. The molecule has 0 unspecified atom stereocenters. The Morgan fingerprint density at radius 2 is 1.91 bits per heavy atom. The van der Waals surface area contributed by atoms with Crippen LogP contribution in [-0.4, -0.2) is 31.5 Å². The van der Waals surface area contributed by atoms with Crippen LogP contribution in [0.3, 0.4) is 0 Å².